The van der Waals surface area contributed by atoms with Crippen LogP contribution < -0.4 is 5.32 Å². The molecule has 0 saturated carbocycles. The maximum absolute atomic E-state index is 13.9. The highest BCUT2D eigenvalue weighted by Crippen LogP contribution is 2.31. The maximum atomic E-state index is 13.9. The Bertz CT molecular complexity index is 1490. The van der Waals surface area contributed by atoms with Gasteiger partial charge in [0.05, 0.1) is 12.8 Å². The highest BCUT2D eigenvalue weighted by atomic mass is 19.1. The zero-order chi connectivity index (χ0) is 26.8. The normalized spacial score (nSPS) is 14.1. The third-order valence-electron chi connectivity index (χ3n) is 6.80. The molecule has 0 unspecified atom stereocenters. The first-order chi connectivity index (χ1) is 18.4. The van der Waals surface area contributed by atoms with E-state index in [0.29, 0.717) is 30.2 Å². The van der Waals surface area contributed by atoms with Gasteiger partial charge >= 0.3 is 5.97 Å². The van der Waals surface area contributed by atoms with Gasteiger partial charge in [-0.2, -0.15) is 9.61 Å². The van der Waals surface area contributed by atoms with Crippen LogP contribution in [0.3, 0.4) is 0 Å². The van der Waals surface area contributed by atoms with Crippen molar-refractivity contribution in [3.05, 3.63) is 88.7 Å². The zero-order valence-electron chi connectivity index (χ0n) is 21.1. The number of nitrogens with one attached hydrogen (secondary N) is 1. The number of ether oxygens (including phenoxy) is 1. The number of piperidine rings is 1. The minimum atomic E-state index is -0.569. The summed E-state index contributed by atoms with van der Waals surface area (Å²) in [4.78, 5) is 32.3. The molecule has 1 aliphatic rings. The van der Waals surface area contributed by atoms with Crippen LogP contribution in [0.2, 0.25) is 0 Å². The summed E-state index contributed by atoms with van der Waals surface area (Å²) in [5.74, 6) is -0.891. The van der Waals surface area contributed by atoms with Crippen LogP contribution >= 0.6 is 0 Å². The number of esters is 1. The summed E-state index contributed by atoms with van der Waals surface area (Å²) >= 11 is 0. The molecule has 1 fully saturated rings. The van der Waals surface area contributed by atoms with Crippen molar-refractivity contribution in [1.29, 1.82) is 0 Å². The number of halogens is 2. The van der Waals surface area contributed by atoms with E-state index in [1.54, 1.807) is 43.0 Å². The fourth-order valence-electron chi connectivity index (χ4n) is 4.74. The van der Waals surface area contributed by atoms with Gasteiger partial charge in [0, 0.05) is 25.0 Å². The van der Waals surface area contributed by atoms with Crippen molar-refractivity contribution in [1.82, 2.24) is 19.5 Å². The van der Waals surface area contributed by atoms with E-state index in [0.717, 1.165) is 18.4 Å². The molecule has 0 spiro atoms. The van der Waals surface area contributed by atoms with Crippen molar-refractivity contribution in [2.75, 3.05) is 25.0 Å². The molecule has 1 aliphatic heterocycles. The molecule has 0 aliphatic carbocycles. The second-order valence-electron chi connectivity index (χ2n) is 9.24. The topological polar surface area (TPSA) is 88.8 Å². The molecule has 5 rings (SSSR count). The van der Waals surface area contributed by atoms with E-state index < -0.39 is 5.97 Å². The first-order valence-electron chi connectivity index (χ1n) is 12.5. The minimum Gasteiger partial charge on any atom is -0.462 e. The van der Waals surface area contributed by atoms with Crippen LogP contribution in [0.5, 0.6) is 0 Å². The van der Waals surface area contributed by atoms with Gasteiger partial charge in [-0.3, -0.25) is 4.79 Å². The third-order valence-corrected chi connectivity index (χ3v) is 6.80. The molecule has 0 bridgehead atoms. The molecule has 10 heteroatoms. The lowest BCUT2D eigenvalue weighted by Crippen LogP contribution is -2.38. The second-order valence-corrected chi connectivity index (χ2v) is 9.24. The molecule has 2 aromatic heterocycles. The van der Waals surface area contributed by atoms with Gasteiger partial charge in [0.15, 0.2) is 5.65 Å². The number of nitrogens with zero attached hydrogens (tertiary/aromatic N) is 4. The molecule has 4 aromatic rings. The maximum Gasteiger partial charge on any atom is 0.343 e. The smallest absolute Gasteiger partial charge is 0.343 e. The first-order valence-corrected chi connectivity index (χ1v) is 12.5. The van der Waals surface area contributed by atoms with Crippen LogP contribution in [0.15, 0.2) is 54.9 Å². The minimum absolute atomic E-state index is 0.171. The fraction of sp³-hybridized carbons (Fsp3) is 0.286. The molecule has 2 aromatic carbocycles. The third kappa shape index (κ3) is 4.93. The molecule has 0 radical (unpaired) electrons. The molecular formula is C28H27F2N5O3. The Kier molecular flexibility index (Phi) is 7.04. The zero-order valence-corrected chi connectivity index (χ0v) is 21.1. The van der Waals surface area contributed by atoms with Gasteiger partial charge in [-0.25, -0.2) is 18.6 Å². The van der Waals surface area contributed by atoms with Crippen molar-refractivity contribution in [2.45, 2.75) is 32.6 Å². The molecule has 8 nitrogen and oxygen atoms in total. The monoisotopic (exact) mass is 519 g/mol. The highest BCUT2D eigenvalue weighted by Gasteiger charge is 2.28. The van der Waals surface area contributed by atoms with E-state index in [1.165, 1.54) is 35.1 Å². The Morgan fingerprint density at radius 3 is 2.47 bits per heavy atom. The number of carbonyl (C=O) groups excluding carboxylic acids is 2. The van der Waals surface area contributed by atoms with Crippen LogP contribution in [0.25, 0.3) is 5.65 Å². The lowest BCUT2D eigenvalue weighted by Gasteiger charge is -2.32. The number of rotatable bonds is 6. The number of likely N-dealkylation sites (tertiary alicyclic amines) is 1. The Balaban J connectivity index is 1.46. The van der Waals surface area contributed by atoms with Crippen LogP contribution in [-0.4, -0.2) is 51.1 Å². The van der Waals surface area contributed by atoms with Crippen molar-refractivity contribution in [2.24, 2.45) is 0 Å². The largest absolute Gasteiger partial charge is 0.462 e. The predicted molar refractivity (Wildman–Crippen MR) is 138 cm³/mol. The van der Waals surface area contributed by atoms with Crippen LogP contribution in [0, 0.1) is 18.6 Å². The van der Waals surface area contributed by atoms with Crippen molar-refractivity contribution in [3.63, 3.8) is 0 Å². The lowest BCUT2D eigenvalue weighted by molar-refractivity contribution is 0.0528. The van der Waals surface area contributed by atoms with Gasteiger partial charge in [-0.15, -0.1) is 0 Å². The van der Waals surface area contributed by atoms with E-state index in [2.05, 4.69) is 15.4 Å². The molecule has 196 valence electrons. The Morgan fingerprint density at radius 2 is 1.79 bits per heavy atom. The SMILES string of the molecule is CCOC(=O)c1cnn2c(Nc3ccc(F)c(C)c3)c(C(=O)N3CCC(c4ccc(F)cc4)CC3)cnc12. The average Bonchev–Trinajstić information content (AvgIpc) is 3.36. The Hall–Kier alpha value is -4.34. The first kappa shape index (κ1) is 25.3. The van der Waals surface area contributed by atoms with E-state index in [1.807, 2.05) is 0 Å². The summed E-state index contributed by atoms with van der Waals surface area (Å²) in [5, 5.41) is 7.51. The van der Waals surface area contributed by atoms with Crippen molar-refractivity contribution >= 4 is 29.0 Å². The van der Waals surface area contributed by atoms with Gasteiger partial charge in [0.1, 0.15) is 28.6 Å². The standard InChI is InChI=1S/C28H27F2N5O3/c1-3-38-28(37)23-16-32-35-25(23)31-15-22(26(35)33-21-8-9-24(30)17(2)14-21)27(36)34-12-10-19(11-13-34)18-4-6-20(29)7-5-18/h4-9,14-16,19,33H,3,10-13H2,1-2H3. The molecule has 1 saturated heterocycles. The highest BCUT2D eigenvalue weighted by molar-refractivity contribution is 6.01. The Morgan fingerprint density at radius 1 is 1.05 bits per heavy atom. The molecular weight excluding hydrogens is 492 g/mol. The quantitative estimate of drug-likeness (QED) is 0.350. The van der Waals surface area contributed by atoms with Gasteiger partial charge < -0.3 is 15.0 Å². The summed E-state index contributed by atoms with van der Waals surface area (Å²) in [6, 6.07) is 11.0. The number of benzene rings is 2. The summed E-state index contributed by atoms with van der Waals surface area (Å²) in [5.41, 5.74) is 2.70. The van der Waals surface area contributed by atoms with E-state index in [9.17, 15) is 18.4 Å². The van der Waals surface area contributed by atoms with Crippen LogP contribution in [-0.2, 0) is 4.74 Å². The average molecular weight is 520 g/mol. The number of fused-ring (bicyclic) bond motifs is 1. The Labute approximate surface area is 218 Å². The fourth-order valence-corrected chi connectivity index (χ4v) is 4.74. The van der Waals surface area contributed by atoms with Gasteiger partial charge in [-0.05, 0) is 74.1 Å². The number of anilines is 2. The van der Waals surface area contributed by atoms with Crippen molar-refractivity contribution < 1.29 is 23.1 Å². The number of aryl methyl sites for hydroxylation is 1. The molecule has 38 heavy (non-hydrogen) atoms. The number of amides is 1. The molecule has 1 N–H and O–H groups in total. The number of aromatic nitrogens is 3. The van der Waals surface area contributed by atoms with Gasteiger partial charge in [-0.1, -0.05) is 12.1 Å². The van der Waals surface area contributed by atoms with Gasteiger partial charge in [0.2, 0.25) is 0 Å². The summed E-state index contributed by atoms with van der Waals surface area (Å²) < 4.78 is 33.7. The molecule has 1 amide bonds. The predicted octanol–water partition coefficient (Wildman–Crippen LogP) is 5.26. The number of carbonyl (C=O) groups is 2. The van der Waals surface area contributed by atoms with E-state index >= 15 is 0 Å². The van der Waals surface area contributed by atoms with Crippen LogP contribution in [0.1, 0.15) is 57.5 Å². The summed E-state index contributed by atoms with van der Waals surface area (Å²) in [7, 11) is 0. The molecule has 0 atom stereocenters. The van der Waals surface area contributed by atoms with Crippen molar-refractivity contribution in [3.8, 4) is 0 Å². The number of hydrogen-bond acceptors (Lipinski definition) is 6. The van der Waals surface area contributed by atoms with E-state index in [-0.39, 0.29) is 46.8 Å². The number of hydrogen-bond donors (Lipinski definition) is 1. The summed E-state index contributed by atoms with van der Waals surface area (Å²) in [6.07, 6.45) is 4.25. The van der Waals surface area contributed by atoms with E-state index in [4.69, 9.17) is 4.74 Å². The van der Waals surface area contributed by atoms with Crippen LogP contribution in [0.4, 0.5) is 20.3 Å². The molecule has 3 heterocycles. The second kappa shape index (κ2) is 10.6. The lowest BCUT2D eigenvalue weighted by atomic mass is 9.89. The summed E-state index contributed by atoms with van der Waals surface area (Å²) in [6.45, 7) is 4.58. The van der Waals surface area contributed by atoms with Gasteiger partial charge in [0.25, 0.3) is 5.91 Å².